The SMILES string of the molecule is O=COc1nc(C(=O)O)c2[nH]c(=S)[nH]c2n1. The van der Waals surface area contributed by atoms with Gasteiger partial charge in [0.05, 0.1) is 0 Å². The summed E-state index contributed by atoms with van der Waals surface area (Å²) in [6.45, 7) is 0.105. The number of hydrogen-bond donors (Lipinski definition) is 3. The smallest absolute Gasteiger partial charge is 0.357 e. The van der Waals surface area contributed by atoms with Gasteiger partial charge in [-0.3, -0.25) is 4.79 Å². The average Bonchev–Trinajstić information content (AvgIpc) is 2.57. The molecule has 0 bridgehead atoms. The van der Waals surface area contributed by atoms with Crippen LogP contribution in [-0.4, -0.2) is 37.5 Å². The van der Waals surface area contributed by atoms with Crippen molar-refractivity contribution in [3.8, 4) is 6.01 Å². The maximum atomic E-state index is 10.9. The second kappa shape index (κ2) is 3.70. The van der Waals surface area contributed by atoms with E-state index in [1.807, 2.05) is 0 Å². The van der Waals surface area contributed by atoms with Crippen LogP contribution in [0.2, 0.25) is 0 Å². The highest BCUT2D eigenvalue weighted by atomic mass is 32.1. The molecule has 0 aliphatic rings. The molecule has 0 unspecified atom stereocenters. The summed E-state index contributed by atoms with van der Waals surface area (Å²) in [4.78, 5) is 33.5. The third-order valence-corrected chi connectivity index (χ3v) is 1.92. The molecular formula is C7H4N4O4S. The minimum Gasteiger partial charge on any atom is -0.476 e. The molecule has 2 aromatic heterocycles. The lowest BCUT2D eigenvalue weighted by molar-refractivity contribution is -0.121. The van der Waals surface area contributed by atoms with Crippen LogP contribution in [0.4, 0.5) is 0 Å². The molecule has 0 saturated carbocycles. The predicted octanol–water partition coefficient (Wildman–Crippen LogP) is 0.249. The Morgan fingerprint density at radius 1 is 1.44 bits per heavy atom. The van der Waals surface area contributed by atoms with Gasteiger partial charge in [-0.25, -0.2) is 4.79 Å². The number of imidazole rings is 1. The van der Waals surface area contributed by atoms with Crippen molar-refractivity contribution in [3.05, 3.63) is 10.5 Å². The summed E-state index contributed by atoms with van der Waals surface area (Å²) in [6, 6.07) is -0.356. The lowest BCUT2D eigenvalue weighted by Crippen LogP contribution is -2.05. The Bertz CT molecular complexity index is 631. The van der Waals surface area contributed by atoms with Crippen LogP contribution in [0.15, 0.2) is 0 Å². The van der Waals surface area contributed by atoms with Crippen molar-refractivity contribution in [1.29, 1.82) is 0 Å². The number of hydrogen-bond acceptors (Lipinski definition) is 6. The number of H-pyrrole nitrogens is 2. The molecule has 0 atom stereocenters. The van der Waals surface area contributed by atoms with E-state index in [9.17, 15) is 9.59 Å². The first-order valence-corrected chi connectivity index (χ1v) is 4.36. The van der Waals surface area contributed by atoms with Crippen molar-refractivity contribution in [3.63, 3.8) is 0 Å². The molecule has 16 heavy (non-hydrogen) atoms. The number of aromatic carboxylic acids is 1. The van der Waals surface area contributed by atoms with Crippen LogP contribution >= 0.6 is 12.2 Å². The van der Waals surface area contributed by atoms with E-state index in [-0.39, 0.29) is 34.1 Å². The number of aromatic amines is 2. The standard InChI is InChI=1S/C7H4N4O4S/c12-1-15-6-8-3(5(13)14)2-4(10-6)11-7(16)9-2/h1H,(H,13,14)(H2,8,9,10,11,16). The Balaban J connectivity index is 2.77. The van der Waals surface area contributed by atoms with Gasteiger partial charge >= 0.3 is 18.5 Å². The minimum absolute atomic E-state index is 0.105. The Kier molecular flexibility index (Phi) is 2.37. The lowest BCUT2D eigenvalue weighted by atomic mass is 10.3. The molecule has 0 saturated heterocycles. The number of ether oxygens (including phenoxy) is 1. The third kappa shape index (κ3) is 1.63. The molecule has 0 fully saturated rings. The van der Waals surface area contributed by atoms with Gasteiger partial charge in [0, 0.05) is 0 Å². The fourth-order valence-corrected chi connectivity index (χ4v) is 1.35. The summed E-state index contributed by atoms with van der Waals surface area (Å²) >= 11 is 4.78. The summed E-state index contributed by atoms with van der Waals surface area (Å²) in [6.07, 6.45) is 0. The highest BCUT2D eigenvalue weighted by molar-refractivity contribution is 7.71. The quantitative estimate of drug-likeness (QED) is 0.519. The van der Waals surface area contributed by atoms with Crippen LogP contribution in [-0.2, 0) is 4.79 Å². The number of carbonyl (C=O) groups excluding carboxylic acids is 1. The zero-order chi connectivity index (χ0) is 11.7. The van der Waals surface area contributed by atoms with Gasteiger partial charge in [-0.1, -0.05) is 0 Å². The molecule has 3 N–H and O–H groups in total. The molecule has 0 aliphatic carbocycles. The minimum atomic E-state index is -1.28. The highest BCUT2D eigenvalue weighted by Gasteiger charge is 2.16. The van der Waals surface area contributed by atoms with Gasteiger partial charge in [0.2, 0.25) is 0 Å². The largest absolute Gasteiger partial charge is 0.476 e. The summed E-state index contributed by atoms with van der Waals surface area (Å²) < 4.78 is 4.58. The number of carboxylic acid groups (broad SMARTS) is 1. The summed E-state index contributed by atoms with van der Waals surface area (Å²) in [5.74, 6) is -1.28. The molecular weight excluding hydrogens is 236 g/mol. The lowest BCUT2D eigenvalue weighted by Gasteiger charge is -1.98. The molecule has 0 radical (unpaired) electrons. The number of carboxylic acids is 1. The molecule has 0 aromatic carbocycles. The van der Waals surface area contributed by atoms with Crippen molar-refractivity contribution in [2.24, 2.45) is 0 Å². The zero-order valence-electron chi connectivity index (χ0n) is 7.55. The molecule has 2 rings (SSSR count). The Labute approximate surface area is 92.3 Å². The molecule has 0 aliphatic heterocycles. The van der Waals surface area contributed by atoms with Gasteiger partial charge < -0.3 is 19.8 Å². The summed E-state index contributed by atoms with van der Waals surface area (Å²) in [7, 11) is 0. The molecule has 2 aromatic rings. The van der Waals surface area contributed by atoms with Crippen LogP contribution in [0.5, 0.6) is 6.01 Å². The highest BCUT2D eigenvalue weighted by Crippen LogP contribution is 2.15. The van der Waals surface area contributed by atoms with E-state index < -0.39 is 5.97 Å². The van der Waals surface area contributed by atoms with Gasteiger partial charge in [-0.05, 0) is 12.2 Å². The maximum absolute atomic E-state index is 10.9. The van der Waals surface area contributed by atoms with Crippen LogP contribution < -0.4 is 4.74 Å². The first-order valence-electron chi connectivity index (χ1n) is 3.95. The van der Waals surface area contributed by atoms with Crippen LogP contribution in [0.3, 0.4) is 0 Å². The maximum Gasteiger partial charge on any atom is 0.357 e. The van der Waals surface area contributed by atoms with E-state index in [0.717, 1.165) is 0 Å². The molecule has 0 amide bonds. The Morgan fingerprint density at radius 3 is 2.81 bits per heavy atom. The van der Waals surface area contributed by atoms with Gasteiger partial charge in [-0.15, -0.1) is 0 Å². The first-order chi connectivity index (χ1) is 7.61. The number of nitrogens with zero attached hydrogens (tertiary/aromatic N) is 2. The van der Waals surface area contributed by atoms with Gasteiger partial charge in [0.25, 0.3) is 0 Å². The van der Waals surface area contributed by atoms with Crippen LogP contribution in [0.25, 0.3) is 11.2 Å². The van der Waals surface area contributed by atoms with Gasteiger partial charge in [-0.2, -0.15) is 9.97 Å². The molecule has 8 nitrogen and oxygen atoms in total. The fourth-order valence-electron chi connectivity index (χ4n) is 1.15. The normalized spacial score (nSPS) is 10.2. The van der Waals surface area contributed by atoms with Crippen molar-refractivity contribution < 1.29 is 19.4 Å². The molecule has 0 spiro atoms. The Hall–Kier alpha value is -2.29. The fraction of sp³-hybridized carbons (Fsp3) is 0. The second-order valence-electron chi connectivity index (χ2n) is 2.68. The van der Waals surface area contributed by atoms with Crippen molar-refractivity contribution in [2.45, 2.75) is 0 Å². The van der Waals surface area contributed by atoms with E-state index in [1.54, 1.807) is 0 Å². The van der Waals surface area contributed by atoms with E-state index in [2.05, 4.69) is 24.7 Å². The zero-order valence-corrected chi connectivity index (χ0v) is 8.37. The van der Waals surface area contributed by atoms with Crippen molar-refractivity contribution >= 4 is 35.8 Å². The van der Waals surface area contributed by atoms with E-state index >= 15 is 0 Å². The number of fused-ring (bicyclic) bond motifs is 1. The summed E-state index contributed by atoms with van der Waals surface area (Å²) in [5, 5.41) is 8.88. The van der Waals surface area contributed by atoms with Crippen molar-refractivity contribution in [1.82, 2.24) is 19.9 Å². The Morgan fingerprint density at radius 2 is 2.19 bits per heavy atom. The van der Waals surface area contributed by atoms with Crippen LogP contribution in [0.1, 0.15) is 10.5 Å². The molecule has 82 valence electrons. The molecule has 9 heteroatoms. The predicted molar refractivity (Wildman–Crippen MR) is 52.7 cm³/mol. The number of aromatic nitrogens is 4. The first kappa shape index (κ1) is 10.2. The average molecular weight is 240 g/mol. The second-order valence-corrected chi connectivity index (χ2v) is 3.08. The molecule has 2 heterocycles. The monoisotopic (exact) mass is 240 g/mol. The van der Waals surface area contributed by atoms with Crippen LogP contribution in [0, 0.1) is 4.77 Å². The number of carbonyl (C=O) groups is 2. The van der Waals surface area contributed by atoms with E-state index in [1.165, 1.54) is 0 Å². The topological polar surface area (TPSA) is 121 Å². The number of rotatable bonds is 3. The van der Waals surface area contributed by atoms with Crippen molar-refractivity contribution in [2.75, 3.05) is 0 Å². The third-order valence-electron chi connectivity index (χ3n) is 1.72. The number of nitrogens with one attached hydrogen (secondary N) is 2. The van der Waals surface area contributed by atoms with Gasteiger partial charge in [0.1, 0.15) is 5.52 Å². The van der Waals surface area contributed by atoms with Gasteiger partial charge in [0.15, 0.2) is 16.1 Å². The van der Waals surface area contributed by atoms with E-state index in [4.69, 9.17) is 17.3 Å². The summed E-state index contributed by atoms with van der Waals surface area (Å²) in [5.41, 5.74) is -0.0146. The van der Waals surface area contributed by atoms with E-state index in [0.29, 0.717) is 0 Å².